The lowest BCUT2D eigenvalue weighted by molar-refractivity contribution is -0.120. The normalized spacial score (nSPS) is 18.9. The maximum atomic E-state index is 11.5. The van der Waals surface area contributed by atoms with Crippen LogP contribution in [0, 0.1) is 5.92 Å². The molecule has 1 rings (SSSR count). The molecule has 0 saturated heterocycles. The highest BCUT2D eigenvalue weighted by molar-refractivity contribution is 5.77. The number of ether oxygens (including phenoxy) is 1. The Morgan fingerprint density at radius 3 is 2.71 bits per heavy atom. The predicted octanol–water partition coefficient (Wildman–Crippen LogP) is 1.31. The summed E-state index contributed by atoms with van der Waals surface area (Å²) in [5, 5.41) is 6.14. The lowest BCUT2D eigenvalue weighted by Crippen LogP contribution is -2.42. The maximum Gasteiger partial charge on any atom is 0.234 e. The third-order valence-corrected chi connectivity index (χ3v) is 3.57. The van der Waals surface area contributed by atoms with Crippen LogP contribution in [0.4, 0.5) is 0 Å². The van der Waals surface area contributed by atoms with Gasteiger partial charge in [0.15, 0.2) is 0 Å². The summed E-state index contributed by atoms with van der Waals surface area (Å²) < 4.78 is 4.88. The van der Waals surface area contributed by atoms with Crippen molar-refractivity contribution < 1.29 is 9.53 Å². The Morgan fingerprint density at radius 1 is 1.35 bits per heavy atom. The third kappa shape index (κ3) is 6.03. The van der Waals surface area contributed by atoms with Crippen LogP contribution in [0.5, 0.6) is 0 Å². The van der Waals surface area contributed by atoms with E-state index in [-0.39, 0.29) is 5.91 Å². The van der Waals surface area contributed by atoms with Crippen LogP contribution in [0.2, 0.25) is 0 Å². The van der Waals surface area contributed by atoms with E-state index in [1.54, 1.807) is 7.11 Å². The van der Waals surface area contributed by atoms with E-state index in [9.17, 15) is 4.79 Å². The van der Waals surface area contributed by atoms with Crippen molar-refractivity contribution in [3.8, 4) is 0 Å². The van der Waals surface area contributed by atoms with Crippen molar-refractivity contribution in [1.29, 1.82) is 0 Å². The molecule has 100 valence electrons. The summed E-state index contributed by atoms with van der Waals surface area (Å²) in [6.07, 6.45) is 6.67. The molecular weight excluding hydrogens is 216 g/mol. The van der Waals surface area contributed by atoms with Crippen LogP contribution in [-0.4, -0.2) is 38.8 Å². The third-order valence-electron chi connectivity index (χ3n) is 3.57. The summed E-state index contributed by atoms with van der Waals surface area (Å²) in [6, 6.07) is 0.448. The topological polar surface area (TPSA) is 50.4 Å². The molecule has 0 bridgehead atoms. The Bertz CT molecular complexity index is 215. The number of hydrogen-bond acceptors (Lipinski definition) is 3. The van der Waals surface area contributed by atoms with Gasteiger partial charge in [-0.3, -0.25) is 4.79 Å². The molecule has 1 aliphatic carbocycles. The van der Waals surface area contributed by atoms with Gasteiger partial charge in [-0.2, -0.15) is 0 Å². The standard InChI is InChI=1S/C13H26N2O2/c1-11(12-6-4-3-5-7-12)15-10-13(16)14-8-9-17-2/h11-12,15H,3-10H2,1-2H3,(H,14,16)/t11-/m0/s1. The number of amides is 1. The van der Waals surface area contributed by atoms with Crippen LogP contribution in [0.25, 0.3) is 0 Å². The lowest BCUT2D eigenvalue weighted by Gasteiger charge is -2.28. The minimum atomic E-state index is 0.0599. The van der Waals surface area contributed by atoms with Crippen LogP contribution in [-0.2, 0) is 9.53 Å². The van der Waals surface area contributed by atoms with E-state index < -0.39 is 0 Å². The van der Waals surface area contributed by atoms with Crippen molar-refractivity contribution >= 4 is 5.91 Å². The summed E-state index contributed by atoms with van der Waals surface area (Å²) in [6.45, 7) is 3.78. The minimum absolute atomic E-state index is 0.0599. The fourth-order valence-corrected chi connectivity index (χ4v) is 2.41. The SMILES string of the molecule is COCCNC(=O)CN[C@@H](C)C1CCCCC1. The van der Waals surface area contributed by atoms with Crippen LogP contribution in [0.15, 0.2) is 0 Å². The highest BCUT2D eigenvalue weighted by Gasteiger charge is 2.19. The fraction of sp³-hybridized carbons (Fsp3) is 0.923. The Balaban J connectivity index is 2.09. The van der Waals surface area contributed by atoms with Gasteiger partial charge in [0.2, 0.25) is 5.91 Å². The van der Waals surface area contributed by atoms with Crippen LogP contribution >= 0.6 is 0 Å². The minimum Gasteiger partial charge on any atom is -0.383 e. The van der Waals surface area contributed by atoms with E-state index in [0.29, 0.717) is 25.7 Å². The molecule has 2 N–H and O–H groups in total. The Labute approximate surface area is 104 Å². The van der Waals surface area contributed by atoms with Crippen molar-refractivity contribution in [2.24, 2.45) is 5.92 Å². The largest absolute Gasteiger partial charge is 0.383 e. The molecule has 4 heteroatoms. The molecule has 0 aromatic heterocycles. The van der Waals surface area contributed by atoms with Crippen LogP contribution in [0.3, 0.4) is 0 Å². The summed E-state index contributed by atoms with van der Waals surface area (Å²) in [5.74, 6) is 0.806. The Hall–Kier alpha value is -0.610. The van der Waals surface area contributed by atoms with E-state index in [1.807, 2.05) is 0 Å². The highest BCUT2D eigenvalue weighted by Crippen LogP contribution is 2.26. The van der Waals surface area contributed by atoms with Gasteiger partial charge >= 0.3 is 0 Å². The van der Waals surface area contributed by atoms with E-state index in [2.05, 4.69) is 17.6 Å². The van der Waals surface area contributed by atoms with Crippen molar-refractivity contribution in [3.05, 3.63) is 0 Å². The van der Waals surface area contributed by atoms with Crippen molar-refractivity contribution in [2.45, 2.75) is 45.1 Å². The molecule has 0 aliphatic heterocycles. The summed E-state index contributed by atoms with van der Waals surface area (Å²) >= 11 is 0. The lowest BCUT2D eigenvalue weighted by atomic mass is 9.84. The number of hydrogen-bond donors (Lipinski definition) is 2. The summed E-state index contributed by atoms with van der Waals surface area (Å²) in [5.41, 5.74) is 0. The van der Waals surface area contributed by atoms with E-state index in [4.69, 9.17) is 4.74 Å². The maximum absolute atomic E-state index is 11.5. The van der Waals surface area contributed by atoms with Gasteiger partial charge < -0.3 is 15.4 Å². The average Bonchev–Trinajstić information content (AvgIpc) is 2.37. The predicted molar refractivity (Wildman–Crippen MR) is 68.9 cm³/mol. The molecule has 0 radical (unpaired) electrons. The van der Waals surface area contributed by atoms with E-state index >= 15 is 0 Å². The highest BCUT2D eigenvalue weighted by atomic mass is 16.5. The second kappa shape index (κ2) is 8.48. The van der Waals surface area contributed by atoms with Gasteiger partial charge in [-0.1, -0.05) is 19.3 Å². The molecule has 0 heterocycles. The second-order valence-electron chi connectivity index (χ2n) is 4.91. The van der Waals surface area contributed by atoms with Gasteiger partial charge in [-0.25, -0.2) is 0 Å². The first-order chi connectivity index (χ1) is 8.24. The van der Waals surface area contributed by atoms with Gasteiger partial charge in [0.05, 0.1) is 13.2 Å². The number of nitrogens with one attached hydrogen (secondary N) is 2. The fourth-order valence-electron chi connectivity index (χ4n) is 2.41. The molecule has 0 unspecified atom stereocenters. The zero-order chi connectivity index (χ0) is 12.5. The van der Waals surface area contributed by atoms with Crippen LogP contribution in [0.1, 0.15) is 39.0 Å². The molecule has 0 aromatic carbocycles. The zero-order valence-corrected chi connectivity index (χ0v) is 11.1. The second-order valence-corrected chi connectivity index (χ2v) is 4.91. The molecular formula is C13H26N2O2. The van der Waals surface area contributed by atoms with Crippen molar-refractivity contribution in [2.75, 3.05) is 26.8 Å². The summed E-state index contributed by atoms with van der Waals surface area (Å²) in [4.78, 5) is 11.5. The molecule has 0 spiro atoms. The number of rotatable bonds is 7. The molecule has 1 saturated carbocycles. The first-order valence-electron chi connectivity index (χ1n) is 6.73. The van der Waals surface area contributed by atoms with Gasteiger partial charge in [-0.15, -0.1) is 0 Å². The van der Waals surface area contributed by atoms with Crippen LogP contribution < -0.4 is 10.6 Å². The number of methoxy groups -OCH3 is 1. The van der Waals surface area contributed by atoms with Gasteiger partial charge in [0.25, 0.3) is 0 Å². The molecule has 1 fully saturated rings. The molecule has 0 aromatic rings. The van der Waals surface area contributed by atoms with Crippen molar-refractivity contribution in [3.63, 3.8) is 0 Å². The monoisotopic (exact) mass is 242 g/mol. The molecule has 1 atom stereocenters. The van der Waals surface area contributed by atoms with Gasteiger partial charge in [0.1, 0.15) is 0 Å². The smallest absolute Gasteiger partial charge is 0.234 e. The first kappa shape index (κ1) is 14.5. The average molecular weight is 242 g/mol. The number of carbonyl (C=O) groups excluding carboxylic acids is 1. The van der Waals surface area contributed by atoms with E-state index in [0.717, 1.165) is 5.92 Å². The molecule has 17 heavy (non-hydrogen) atoms. The van der Waals surface area contributed by atoms with Crippen molar-refractivity contribution in [1.82, 2.24) is 10.6 Å². The van der Waals surface area contributed by atoms with E-state index in [1.165, 1.54) is 32.1 Å². The number of carbonyl (C=O) groups is 1. The zero-order valence-electron chi connectivity index (χ0n) is 11.1. The molecule has 4 nitrogen and oxygen atoms in total. The van der Waals surface area contributed by atoms with Gasteiger partial charge in [0, 0.05) is 19.7 Å². The van der Waals surface area contributed by atoms with Gasteiger partial charge in [-0.05, 0) is 25.7 Å². The Morgan fingerprint density at radius 2 is 2.06 bits per heavy atom. The Kier molecular flexibility index (Phi) is 7.21. The summed E-state index contributed by atoms with van der Waals surface area (Å²) in [7, 11) is 1.63. The first-order valence-corrected chi connectivity index (χ1v) is 6.73. The molecule has 1 amide bonds. The molecule has 1 aliphatic rings. The quantitative estimate of drug-likeness (QED) is 0.662.